The lowest BCUT2D eigenvalue weighted by atomic mass is 10.0. The molecule has 0 saturated carbocycles. The molecule has 0 radical (unpaired) electrons. The van der Waals surface area contributed by atoms with Crippen LogP contribution in [0.4, 0.5) is 0 Å². The van der Waals surface area contributed by atoms with Gasteiger partial charge in [-0.1, -0.05) is 13.0 Å². The number of nitrogens with two attached hydrogens (primary N) is 1. The standard InChI is InChI=1S/C14H23N3O2S/c1-2-12(15)14(13-6-3-4-7-16-13)17-8-5-10-20(18,19)11-9-17/h3-4,6-7,12,14H,2,5,8-11,15H2,1H3. The van der Waals surface area contributed by atoms with Crippen molar-refractivity contribution in [1.82, 2.24) is 9.88 Å². The third-order valence-corrected chi connectivity index (χ3v) is 5.57. The number of pyridine rings is 1. The van der Waals surface area contributed by atoms with Crippen molar-refractivity contribution in [1.29, 1.82) is 0 Å². The molecular formula is C14H23N3O2S. The maximum absolute atomic E-state index is 11.7. The van der Waals surface area contributed by atoms with E-state index >= 15 is 0 Å². The molecule has 2 rings (SSSR count). The van der Waals surface area contributed by atoms with Crippen molar-refractivity contribution < 1.29 is 8.42 Å². The Labute approximate surface area is 121 Å². The van der Waals surface area contributed by atoms with Crippen LogP contribution in [0.3, 0.4) is 0 Å². The van der Waals surface area contributed by atoms with E-state index in [0.29, 0.717) is 13.0 Å². The Hall–Kier alpha value is -0.980. The first-order valence-electron chi connectivity index (χ1n) is 7.14. The second-order valence-corrected chi connectivity index (χ2v) is 7.62. The fourth-order valence-corrected chi connectivity index (χ4v) is 3.97. The lowest BCUT2D eigenvalue weighted by molar-refractivity contribution is 0.178. The molecule has 1 aromatic rings. The van der Waals surface area contributed by atoms with E-state index in [1.54, 1.807) is 6.20 Å². The number of sulfone groups is 1. The second-order valence-electron chi connectivity index (χ2n) is 5.31. The van der Waals surface area contributed by atoms with E-state index in [0.717, 1.165) is 18.7 Å². The van der Waals surface area contributed by atoms with Crippen molar-refractivity contribution in [2.45, 2.75) is 31.8 Å². The van der Waals surface area contributed by atoms with Crippen LogP contribution in [0, 0.1) is 0 Å². The van der Waals surface area contributed by atoms with Crippen LogP contribution in [0.15, 0.2) is 24.4 Å². The molecule has 2 N–H and O–H groups in total. The summed E-state index contributed by atoms with van der Waals surface area (Å²) in [5.41, 5.74) is 7.20. The molecule has 1 aliphatic heterocycles. The van der Waals surface area contributed by atoms with Gasteiger partial charge in [0.2, 0.25) is 0 Å². The zero-order valence-electron chi connectivity index (χ0n) is 11.9. The van der Waals surface area contributed by atoms with E-state index in [-0.39, 0.29) is 23.6 Å². The number of nitrogens with zero attached hydrogens (tertiary/aromatic N) is 2. The van der Waals surface area contributed by atoms with Gasteiger partial charge in [0, 0.05) is 18.8 Å². The highest BCUT2D eigenvalue weighted by Gasteiger charge is 2.29. The van der Waals surface area contributed by atoms with Gasteiger partial charge in [0.1, 0.15) is 0 Å². The Morgan fingerprint density at radius 3 is 2.80 bits per heavy atom. The number of hydrogen-bond acceptors (Lipinski definition) is 5. The van der Waals surface area contributed by atoms with Crippen molar-refractivity contribution >= 4 is 9.84 Å². The molecule has 20 heavy (non-hydrogen) atoms. The molecule has 5 nitrogen and oxygen atoms in total. The minimum atomic E-state index is -2.90. The third-order valence-electron chi connectivity index (χ3n) is 3.85. The molecule has 0 aromatic carbocycles. The van der Waals surface area contributed by atoms with E-state index in [9.17, 15) is 8.42 Å². The van der Waals surface area contributed by atoms with Gasteiger partial charge in [0.25, 0.3) is 0 Å². The molecule has 0 bridgehead atoms. The van der Waals surface area contributed by atoms with Gasteiger partial charge in [-0.25, -0.2) is 8.42 Å². The topological polar surface area (TPSA) is 76.3 Å². The normalized spacial score (nSPS) is 22.9. The minimum Gasteiger partial charge on any atom is -0.326 e. The first kappa shape index (κ1) is 15.4. The molecule has 1 saturated heterocycles. The van der Waals surface area contributed by atoms with Crippen molar-refractivity contribution in [2.75, 3.05) is 24.6 Å². The Kier molecular flexibility index (Phi) is 5.12. The van der Waals surface area contributed by atoms with Gasteiger partial charge >= 0.3 is 0 Å². The van der Waals surface area contributed by atoms with Crippen molar-refractivity contribution in [3.8, 4) is 0 Å². The Morgan fingerprint density at radius 1 is 1.35 bits per heavy atom. The van der Waals surface area contributed by atoms with Crippen LogP contribution in [0.5, 0.6) is 0 Å². The van der Waals surface area contributed by atoms with Gasteiger partial charge < -0.3 is 5.73 Å². The minimum absolute atomic E-state index is 0.00509. The predicted molar refractivity (Wildman–Crippen MR) is 80.1 cm³/mol. The smallest absolute Gasteiger partial charge is 0.151 e. The summed E-state index contributed by atoms with van der Waals surface area (Å²) in [5, 5.41) is 0. The zero-order valence-corrected chi connectivity index (χ0v) is 12.7. The highest BCUT2D eigenvalue weighted by molar-refractivity contribution is 7.91. The van der Waals surface area contributed by atoms with Crippen LogP contribution in [-0.2, 0) is 9.84 Å². The largest absolute Gasteiger partial charge is 0.326 e. The number of aromatic nitrogens is 1. The van der Waals surface area contributed by atoms with Crippen LogP contribution in [0.2, 0.25) is 0 Å². The van der Waals surface area contributed by atoms with Crippen molar-refractivity contribution in [3.63, 3.8) is 0 Å². The second kappa shape index (κ2) is 6.65. The molecule has 2 heterocycles. The fourth-order valence-electron chi connectivity index (χ4n) is 2.69. The molecule has 2 atom stereocenters. The van der Waals surface area contributed by atoms with E-state index in [4.69, 9.17) is 5.73 Å². The molecule has 0 spiro atoms. The van der Waals surface area contributed by atoms with Gasteiger partial charge in [0.15, 0.2) is 9.84 Å². The number of hydrogen-bond donors (Lipinski definition) is 1. The molecule has 0 aliphatic carbocycles. The monoisotopic (exact) mass is 297 g/mol. The first-order valence-corrected chi connectivity index (χ1v) is 8.96. The fraction of sp³-hybridized carbons (Fsp3) is 0.643. The van der Waals surface area contributed by atoms with Crippen LogP contribution >= 0.6 is 0 Å². The van der Waals surface area contributed by atoms with Gasteiger partial charge in [-0.2, -0.15) is 0 Å². The van der Waals surface area contributed by atoms with Crippen LogP contribution in [0.1, 0.15) is 31.5 Å². The predicted octanol–water partition coefficient (Wildman–Crippen LogP) is 0.980. The molecule has 1 aromatic heterocycles. The maximum atomic E-state index is 11.7. The van der Waals surface area contributed by atoms with E-state index < -0.39 is 9.84 Å². The molecule has 2 unspecified atom stereocenters. The summed E-state index contributed by atoms with van der Waals surface area (Å²) in [4.78, 5) is 6.60. The van der Waals surface area contributed by atoms with Gasteiger partial charge in [-0.05, 0) is 31.5 Å². The Morgan fingerprint density at radius 2 is 2.15 bits per heavy atom. The third kappa shape index (κ3) is 3.77. The summed E-state index contributed by atoms with van der Waals surface area (Å²) < 4.78 is 23.5. The number of rotatable bonds is 4. The molecule has 0 amide bonds. The molecule has 6 heteroatoms. The quantitative estimate of drug-likeness (QED) is 0.896. The first-order chi connectivity index (χ1) is 9.53. The molecular weight excluding hydrogens is 274 g/mol. The summed E-state index contributed by atoms with van der Waals surface area (Å²) in [6, 6.07) is 5.76. The Balaban J connectivity index is 2.23. The van der Waals surface area contributed by atoms with Gasteiger partial charge in [-0.3, -0.25) is 9.88 Å². The van der Waals surface area contributed by atoms with Crippen molar-refractivity contribution in [2.24, 2.45) is 5.73 Å². The highest BCUT2D eigenvalue weighted by atomic mass is 32.2. The summed E-state index contributed by atoms with van der Waals surface area (Å²) >= 11 is 0. The maximum Gasteiger partial charge on any atom is 0.151 e. The van der Waals surface area contributed by atoms with Crippen LogP contribution in [0.25, 0.3) is 0 Å². The lowest BCUT2D eigenvalue weighted by Gasteiger charge is -2.33. The lowest BCUT2D eigenvalue weighted by Crippen LogP contribution is -2.42. The molecule has 1 aliphatic rings. The SMILES string of the molecule is CCC(N)C(c1ccccn1)N1CCCS(=O)(=O)CC1. The molecule has 1 fully saturated rings. The average Bonchev–Trinajstić information content (AvgIpc) is 2.62. The zero-order chi connectivity index (χ0) is 14.6. The Bertz CT molecular complexity index is 518. The van der Waals surface area contributed by atoms with Crippen LogP contribution in [-0.4, -0.2) is 48.9 Å². The van der Waals surface area contributed by atoms with E-state index in [2.05, 4.69) is 16.8 Å². The van der Waals surface area contributed by atoms with Crippen LogP contribution < -0.4 is 5.73 Å². The van der Waals surface area contributed by atoms with E-state index in [1.807, 2.05) is 18.2 Å². The van der Waals surface area contributed by atoms with Gasteiger partial charge in [-0.15, -0.1) is 0 Å². The van der Waals surface area contributed by atoms with Gasteiger partial charge in [0.05, 0.1) is 23.2 Å². The summed E-state index contributed by atoms with van der Waals surface area (Å²) in [5.74, 6) is 0.493. The van der Waals surface area contributed by atoms with Crippen molar-refractivity contribution in [3.05, 3.63) is 30.1 Å². The summed E-state index contributed by atoms with van der Waals surface area (Å²) in [7, 11) is -2.90. The van der Waals surface area contributed by atoms with E-state index in [1.165, 1.54) is 0 Å². The average molecular weight is 297 g/mol. The summed E-state index contributed by atoms with van der Waals surface area (Å²) in [6.07, 6.45) is 3.27. The highest BCUT2D eigenvalue weighted by Crippen LogP contribution is 2.25. The molecule has 112 valence electrons. The summed E-state index contributed by atoms with van der Waals surface area (Å²) in [6.45, 7) is 3.35.